The van der Waals surface area contributed by atoms with Crippen molar-refractivity contribution in [2.24, 2.45) is 0 Å². The SMILES string of the molecule is O=[N+]([O-])c1c(Cc2cccc(F)c2Cl)ccc2nonc12. The van der Waals surface area contributed by atoms with Gasteiger partial charge in [0.15, 0.2) is 0 Å². The van der Waals surface area contributed by atoms with Crippen LogP contribution in [0, 0.1) is 15.9 Å². The zero-order valence-corrected chi connectivity index (χ0v) is 11.2. The predicted molar refractivity (Wildman–Crippen MR) is 72.7 cm³/mol. The van der Waals surface area contributed by atoms with Crippen LogP contribution in [0.1, 0.15) is 11.1 Å². The van der Waals surface area contributed by atoms with Crippen molar-refractivity contribution < 1.29 is 13.9 Å². The van der Waals surface area contributed by atoms with Crippen LogP contribution in [-0.2, 0) is 6.42 Å². The first-order valence-corrected chi connectivity index (χ1v) is 6.27. The van der Waals surface area contributed by atoms with Gasteiger partial charge in [0.05, 0.1) is 9.95 Å². The summed E-state index contributed by atoms with van der Waals surface area (Å²) < 4.78 is 18.0. The molecule has 0 N–H and O–H groups in total. The molecule has 3 aromatic rings. The van der Waals surface area contributed by atoms with E-state index in [0.717, 1.165) is 0 Å². The van der Waals surface area contributed by atoms with Crippen molar-refractivity contribution in [3.05, 3.63) is 62.4 Å². The van der Waals surface area contributed by atoms with Gasteiger partial charge in [-0.2, -0.15) is 0 Å². The van der Waals surface area contributed by atoms with Crippen LogP contribution >= 0.6 is 11.6 Å². The van der Waals surface area contributed by atoms with Crippen LogP contribution in [0.15, 0.2) is 35.0 Å². The second kappa shape index (κ2) is 5.10. The minimum atomic E-state index is -0.569. The fraction of sp³-hybridized carbons (Fsp3) is 0.0769. The molecule has 0 saturated carbocycles. The number of aromatic nitrogens is 2. The van der Waals surface area contributed by atoms with E-state index in [1.807, 2.05) is 0 Å². The summed E-state index contributed by atoms with van der Waals surface area (Å²) in [5.41, 5.74) is 0.946. The molecular formula is C13H7ClFN3O3. The highest BCUT2D eigenvalue weighted by Crippen LogP contribution is 2.31. The lowest BCUT2D eigenvalue weighted by Gasteiger charge is -2.06. The zero-order valence-electron chi connectivity index (χ0n) is 10.4. The van der Waals surface area contributed by atoms with E-state index in [2.05, 4.69) is 14.9 Å². The summed E-state index contributed by atoms with van der Waals surface area (Å²) in [4.78, 5) is 10.7. The summed E-state index contributed by atoms with van der Waals surface area (Å²) in [5.74, 6) is -0.569. The molecule has 0 fully saturated rings. The average Bonchev–Trinajstić information content (AvgIpc) is 2.91. The Morgan fingerprint density at radius 1 is 1.24 bits per heavy atom. The van der Waals surface area contributed by atoms with Gasteiger partial charge in [-0.05, 0) is 34.1 Å². The topological polar surface area (TPSA) is 82.1 Å². The summed E-state index contributed by atoms with van der Waals surface area (Å²) in [6, 6.07) is 7.43. The molecule has 0 saturated heterocycles. The van der Waals surface area contributed by atoms with Gasteiger partial charge in [0.2, 0.25) is 5.52 Å². The number of hydrogen-bond acceptors (Lipinski definition) is 5. The summed E-state index contributed by atoms with van der Waals surface area (Å²) >= 11 is 5.88. The van der Waals surface area contributed by atoms with Crippen LogP contribution in [0.3, 0.4) is 0 Å². The molecule has 0 radical (unpaired) electrons. The van der Waals surface area contributed by atoms with Crippen molar-refractivity contribution in [2.45, 2.75) is 6.42 Å². The Balaban J connectivity index is 2.14. The molecule has 0 aliphatic carbocycles. The number of halogens is 2. The standard InChI is InChI=1S/C13H7ClFN3O3/c14-11-7(2-1-3-9(11)15)6-8-4-5-10-12(17-21-16-10)13(8)18(19)20/h1-5H,6H2. The Kier molecular flexibility index (Phi) is 3.26. The third-order valence-electron chi connectivity index (χ3n) is 3.08. The molecular weight excluding hydrogens is 301 g/mol. The van der Waals surface area contributed by atoms with Crippen molar-refractivity contribution in [3.8, 4) is 0 Å². The first-order valence-electron chi connectivity index (χ1n) is 5.89. The van der Waals surface area contributed by atoms with E-state index in [1.165, 1.54) is 18.2 Å². The van der Waals surface area contributed by atoms with Crippen LogP contribution < -0.4 is 0 Å². The second-order valence-corrected chi connectivity index (χ2v) is 4.73. The van der Waals surface area contributed by atoms with Crippen molar-refractivity contribution in [1.29, 1.82) is 0 Å². The Morgan fingerprint density at radius 3 is 2.81 bits per heavy atom. The molecule has 8 heteroatoms. The molecule has 0 amide bonds. The Morgan fingerprint density at radius 2 is 2.05 bits per heavy atom. The molecule has 21 heavy (non-hydrogen) atoms. The van der Waals surface area contributed by atoms with E-state index in [9.17, 15) is 14.5 Å². The molecule has 106 valence electrons. The van der Waals surface area contributed by atoms with E-state index in [-0.39, 0.29) is 28.2 Å². The number of rotatable bonds is 3. The van der Waals surface area contributed by atoms with E-state index < -0.39 is 10.7 Å². The number of nitro groups is 1. The van der Waals surface area contributed by atoms with Crippen molar-refractivity contribution in [2.75, 3.05) is 0 Å². The molecule has 1 aromatic heterocycles. The minimum absolute atomic E-state index is 0.0508. The second-order valence-electron chi connectivity index (χ2n) is 4.35. The average molecular weight is 308 g/mol. The fourth-order valence-corrected chi connectivity index (χ4v) is 2.31. The molecule has 0 atom stereocenters. The van der Waals surface area contributed by atoms with Crippen LogP contribution in [-0.4, -0.2) is 15.2 Å². The van der Waals surface area contributed by atoms with Gasteiger partial charge in [-0.15, -0.1) is 0 Å². The van der Waals surface area contributed by atoms with Crippen LogP contribution in [0.4, 0.5) is 10.1 Å². The van der Waals surface area contributed by atoms with Crippen molar-refractivity contribution >= 4 is 28.3 Å². The highest BCUT2D eigenvalue weighted by Gasteiger charge is 2.23. The highest BCUT2D eigenvalue weighted by atomic mass is 35.5. The highest BCUT2D eigenvalue weighted by molar-refractivity contribution is 6.31. The van der Waals surface area contributed by atoms with Gasteiger partial charge in [0.25, 0.3) is 0 Å². The maximum atomic E-state index is 13.4. The van der Waals surface area contributed by atoms with Crippen molar-refractivity contribution in [1.82, 2.24) is 10.3 Å². The monoisotopic (exact) mass is 307 g/mol. The lowest BCUT2D eigenvalue weighted by atomic mass is 10.0. The lowest BCUT2D eigenvalue weighted by molar-refractivity contribution is -0.383. The number of fused-ring (bicyclic) bond motifs is 1. The normalized spacial score (nSPS) is 11.0. The van der Waals surface area contributed by atoms with Gasteiger partial charge in [0, 0.05) is 12.0 Å². The summed E-state index contributed by atoms with van der Waals surface area (Å²) in [6.45, 7) is 0. The maximum absolute atomic E-state index is 13.4. The Labute approximate surface area is 122 Å². The van der Waals surface area contributed by atoms with E-state index in [0.29, 0.717) is 11.1 Å². The van der Waals surface area contributed by atoms with Gasteiger partial charge >= 0.3 is 5.69 Å². The summed E-state index contributed by atoms with van der Waals surface area (Å²) in [6.07, 6.45) is 0.107. The number of benzene rings is 2. The minimum Gasteiger partial charge on any atom is -0.258 e. The molecule has 0 aliphatic heterocycles. The predicted octanol–water partition coefficient (Wildman–Crippen LogP) is 3.51. The van der Waals surface area contributed by atoms with Gasteiger partial charge in [-0.1, -0.05) is 23.7 Å². The number of hydrogen-bond donors (Lipinski definition) is 0. The van der Waals surface area contributed by atoms with Gasteiger partial charge in [-0.25, -0.2) is 9.02 Å². The maximum Gasteiger partial charge on any atom is 0.304 e. The fourth-order valence-electron chi connectivity index (χ4n) is 2.12. The third-order valence-corrected chi connectivity index (χ3v) is 3.50. The quantitative estimate of drug-likeness (QED) is 0.546. The Hall–Kier alpha value is -2.54. The van der Waals surface area contributed by atoms with Crippen LogP contribution in [0.5, 0.6) is 0 Å². The largest absolute Gasteiger partial charge is 0.304 e. The molecule has 2 aromatic carbocycles. The van der Waals surface area contributed by atoms with Gasteiger partial charge < -0.3 is 0 Å². The number of nitro benzene ring substituents is 1. The first-order chi connectivity index (χ1) is 10.1. The summed E-state index contributed by atoms with van der Waals surface area (Å²) in [7, 11) is 0. The Bertz CT molecular complexity index is 850. The van der Waals surface area contributed by atoms with E-state index >= 15 is 0 Å². The lowest BCUT2D eigenvalue weighted by Crippen LogP contribution is -1.99. The van der Waals surface area contributed by atoms with Crippen LogP contribution in [0.2, 0.25) is 5.02 Å². The van der Waals surface area contributed by atoms with Gasteiger partial charge in [-0.3, -0.25) is 10.1 Å². The first kappa shape index (κ1) is 13.4. The molecule has 1 heterocycles. The molecule has 0 unspecified atom stereocenters. The molecule has 0 bridgehead atoms. The third kappa shape index (κ3) is 2.31. The molecule has 0 spiro atoms. The van der Waals surface area contributed by atoms with Crippen molar-refractivity contribution in [3.63, 3.8) is 0 Å². The van der Waals surface area contributed by atoms with E-state index in [1.54, 1.807) is 12.1 Å². The van der Waals surface area contributed by atoms with Gasteiger partial charge in [0.1, 0.15) is 11.3 Å². The van der Waals surface area contributed by atoms with Crippen LogP contribution in [0.25, 0.3) is 11.0 Å². The van der Waals surface area contributed by atoms with E-state index in [4.69, 9.17) is 11.6 Å². The number of nitrogens with zero attached hydrogens (tertiary/aromatic N) is 3. The molecule has 3 rings (SSSR count). The summed E-state index contributed by atoms with van der Waals surface area (Å²) in [5, 5.41) is 18.3. The molecule has 6 nitrogen and oxygen atoms in total. The molecule has 0 aliphatic rings. The zero-order chi connectivity index (χ0) is 15.0. The smallest absolute Gasteiger partial charge is 0.258 e.